The van der Waals surface area contributed by atoms with E-state index >= 15 is 0 Å². The fraction of sp³-hybridized carbons (Fsp3) is 0.962. The maximum Gasteiger partial charge on any atom is 0.305 e. The van der Waals surface area contributed by atoms with Crippen molar-refractivity contribution < 1.29 is 24.5 Å². The molecule has 0 aliphatic heterocycles. The number of aliphatic hydroxyl groups excluding tert-OH is 2. The van der Waals surface area contributed by atoms with Crippen LogP contribution < -0.4 is 5.32 Å². The van der Waals surface area contributed by atoms with Crippen molar-refractivity contribution in [2.45, 2.75) is 309 Å². The van der Waals surface area contributed by atoms with Crippen LogP contribution in [-0.2, 0) is 14.3 Å². The lowest BCUT2D eigenvalue weighted by Gasteiger charge is -2.22. The van der Waals surface area contributed by atoms with Gasteiger partial charge in [0.1, 0.15) is 0 Å². The third-order valence-electron chi connectivity index (χ3n) is 12.4. The molecule has 0 radical (unpaired) electrons. The van der Waals surface area contributed by atoms with Gasteiger partial charge in [-0.15, -0.1) is 0 Å². The summed E-state index contributed by atoms with van der Waals surface area (Å²) in [5, 5.41) is 23.1. The van der Waals surface area contributed by atoms with Crippen molar-refractivity contribution in [3.63, 3.8) is 0 Å². The van der Waals surface area contributed by atoms with Gasteiger partial charge >= 0.3 is 5.97 Å². The van der Waals surface area contributed by atoms with Crippen molar-refractivity contribution in [1.29, 1.82) is 0 Å². The number of amides is 1. The van der Waals surface area contributed by atoms with Crippen molar-refractivity contribution in [2.75, 3.05) is 13.2 Å². The van der Waals surface area contributed by atoms with Gasteiger partial charge in [-0.1, -0.05) is 258 Å². The molecule has 6 heteroatoms. The molecule has 3 N–H and O–H groups in total. The summed E-state index contributed by atoms with van der Waals surface area (Å²) in [4.78, 5) is 24.4. The minimum atomic E-state index is -0.662. The molecular formula is C52H103NO5. The molecule has 0 aliphatic rings. The highest BCUT2D eigenvalue weighted by molar-refractivity contribution is 5.76. The van der Waals surface area contributed by atoms with Gasteiger partial charge in [0.25, 0.3) is 0 Å². The summed E-state index contributed by atoms with van der Waals surface area (Å²) in [6, 6.07) is -0.540. The number of rotatable bonds is 49. The molecule has 58 heavy (non-hydrogen) atoms. The molecule has 0 spiro atoms. The van der Waals surface area contributed by atoms with Crippen LogP contribution in [0.25, 0.3) is 0 Å². The average molecular weight is 822 g/mol. The number of hydrogen-bond donors (Lipinski definition) is 3. The summed E-state index contributed by atoms with van der Waals surface area (Å²) in [7, 11) is 0. The summed E-state index contributed by atoms with van der Waals surface area (Å²) in [6.07, 6.45) is 53.7. The first-order valence-electron chi connectivity index (χ1n) is 26.3. The Morgan fingerprint density at radius 2 is 0.707 bits per heavy atom. The Bertz CT molecular complexity index is 822. The SMILES string of the molecule is CCCCCCCCCCCCCCC(=O)OCCCCCCCCCCCCCCCCCCCCCC(=O)NC(CO)C(O)CCCCCCCCCCCC. The second kappa shape index (κ2) is 48.5. The summed E-state index contributed by atoms with van der Waals surface area (Å²) >= 11 is 0. The fourth-order valence-electron chi connectivity index (χ4n) is 8.35. The second-order valence-corrected chi connectivity index (χ2v) is 18.2. The average Bonchev–Trinajstić information content (AvgIpc) is 3.22. The van der Waals surface area contributed by atoms with E-state index in [1.54, 1.807) is 0 Å². The van der Waals surface area contributed by atoms with Gasteiger partial charge in [0, 0.05) is 12.8 Å². The van der Waals surface area contributed by atoms with Gasteiger partial charge in [0.2, 0.25) is 5.91 Å². The molecule has 0 bridgehead atoms. The smallest absolute Gasteiger partial charge is 0.305 e. The van der Waals surface area contributed by atoms with Crippen LogP contribution in [-0.4, -0.2) is 47.4 Å². The third kappa shape index (κ3) is 44.4. The number of hydrogen-bond acceptors (Lipinski definition) is 5. The van der Waals surface area contributed by atoms with E-state index in [0.717, 1.165) is 38.5 Å². The fourth-order valence-corrected chi connectivity index (χ4v) is 8.35. The van der Waals surface area contributed by atoms with Gasteiger partial charge in [-0.2, -0.15) is 0 Å². The van der Waals surface area contributed by atoms with Gasteiger partial charge in [-0.3, -0.25) is 9.59 Å². The van der Waals surface area contributed by atoms with E-state index in [2.05, 4.69) is 19.2 Å². The quantitative estimate of drug-likeness (QED) is 0.0420. The maximum absolute atomic E-state index is 12.4. The molecule has 346 valence electrons. The molecule has 0 heterocycles. The molecule has 0 aromatic heterocycles. The number of carbonyl (C=O) groups excluding carboxylic acids is 2. The Morgan fingerprint density at radius 1 is 0.414 bits per heavy atom. The molecule has 0 aromatic carbocycles. The number of carbonyl (C=O) groups is 2. The second-order valence-electron chi connectivity index (χ2n) is 18.2. The molecule has 0 saturated carbocycles. The molecule has 0 rings (SSSR count). The van der Waals surface area contributed by atoms with E-state index in [0.29, 0.717) is 25.9 Å². The lowest BCUT2D eigenvalue weighted by Crippen LogP contribution is -2.45. The first kappa shape index (κ1) is 56.9. The topological polar surface area (TPSA) is 95.9 Å². The van der Waals surface area contributed by atoms with Gasteiger partial charge < -0.3 is 20.3 Å². The van der Waals surface area contributed by atoms with Gasteiger partial charge in [-0.25, -0.2) is 0 Å². The molecule has 2 atom stereocenters. The largest absolute Gasteiger partial charge is 0.466 e. The zero-order chi connectivity index (χ0) is 42.3. The summed E-state index contributed by atoms with van der Waals surface area (Å²) in [6.45, 7) is 4.94. The van der Waals surface area contributed by atoms with E-state index in [-0.39, 0.29) is 18.5 Å². The van der Waals surface area contributed by atoms with Crippen molar-refractivity contribution in [2.24, 2.45) is 0 Å². The molecule has 2 unspecified atom stereocenters. The lowest BCUT2D eigenvalue weighted by atomic mass is 10.0. The van der Waals surface area contributed by atoms with E-state index in [9.17, 15) is 19.8 Å². The van der Waals surface area contributed by atoms with Crippen LogP contribution in [0, 0.1) is 0 Å². The first-order valence-corrected chi connectivity index (χ1v) is 26.3. The minimum Gasteiger partial charge on any atom is -0.466 e. The molecule has 1 amide bonds. The van der Waals surface area contributed by atoms with Gasteiger partial charge in [0.05, 0.1) is 25.4 Å². The summed E-state index contributed by atoms with van der Waals surface area (Å²) in [5.74, 6) is -0.0283. The number of nitrogens with one attached hydrogen (secondary N) is 1. The van der Waals surface area contributed by atoms with Crippen LogP contribution in [0.1, 0.15) is 296 Å². The molecule has 0 aliphatic carbocycles. The highest BCUT2D eigenvalue weighted by Gasteiger charge is 2.20. The Morgan fingerprint density at radius 3 is 1.05 bits per heavy atom. The monoisotopic (exact) mass is 822 g/mol. The normalized spacial score (nSPS) is 12.6. The Hall–Kier alpha value is -1.14. The van der Waals surface area contributed by atoms with Crippen LogP contribution >= 0.6 is 0 Å². The van der Waals surface area contributed by atoms with Gasteiger partial charge in [0.15, 0.2) is 0 Å². The zero-order valence-electron chi connectivity index (χ0n) is 39.3. The Labute approximate surface area is 362 Å². The van der Waals surface area contributed by atoms with E-state index < -0.39 is 12.1 Å². The van der Waals surface area contributed by atoms with E-state index in [1.807, 2.05) is 0 Å². The van der Waals surface area contributed by atoms with Crippen molar-refractivity contribution in [3.8, 4) is 0 Å². The first-order chi connectivity index (χ1) is 28.5. The predicted molar refractivity (Wildman–Crippen MR) is 250 cm³/mol. The molecule has 6 nitrogen and oxygen atoms in total. The minimum absolute atomic E-state index is 0.0100. The summed E-state index contributed by atoms with van der Waals surface area (Å²) in [5.41, 5.74) is 0. The number of esters is 1. The van der Waals surface area contributed by atoms with Crippen LogP contribution in [0.3, 0.4) is 0 Å². The highest BCUT2D eigenvalue weighted by atomic mass is 16.5. The Balaban J connectivity index is 3.36. The number of ether oxygens (including phenoxy) is 1. The molecule has 0 aromatic rings. The van der Waals surface area contributed by atoms with Crippen molar-refractivity contribution in [3.05, 3.63) is 0 Å². The standard InChI is InChI=1S/C52H103NO5/c1-3-5-7-9-11-13-15-26-30-34-38-42-46-52(57)58-47-43-39-35-31-27-24-22-20-18-16-17-19-21-23-25-29-33-37-41-45-51(56)53-49(48-54)50(55)44-40-36-32-28-14-12-10-8-6-4-2/h49-50,54-55H,3-48H2,1-2H3,(H,53,56). The van der Waals surface area contributed by atoms with Crippen molar-refractivity contribution >= 4 is 11.9 Å². The molecule has 0 saturated heterocycles. The van der Waals surface area contributed by atoms with E-state index in [1.165, 1.54) is 225 Å². The third-order valence-corrected chi connectivity index (χ3v) is 12.4. The van der Waals surface area contributed by atoms with Crippen LogP contribution in [0.5, 0.6) is 0 Å². The van der Waals surface area contributed by atoms with Crippen LogP contribution in [0.4, 0.5) is 0 Å². The molecular weight excluding hydrogens is 719 g/mol. The van der Waals surface area contributed by atoms with Crippen molar-refractivity contribution in [1.82, 2.24) is 5.32 Å². The molecule has 0 fully saturated rings. The van der Waals surface area contributed by atoms with Gasteiger partial charge in [-0.05, 0) is 25.7 Å². The number of unbranched alkanes of at least 4 members (excludes halogenated alkanes) is 38. The maximum atomic E-state index is 12.4. The van der Waals surface area contributed by atoms with E-state index in [4.69, 9.17) is 4.74 Å². The van der Waals surface area contributed by atoms with Crippen LogP contribution in [0.2, 0.25) is 0 Å². The Kier molecular flexibility index (Phi) is 47.6. The number of aliphatic hydroxyl groups is 2. The zero-order valence-corrected chi connectivity index (χ0v) is 39.3. The van der Waals surface area contributed by atoms with Crippen LogP contribution in [0.15, 0.2) is 0 Å². The summed E-state index contributed by atoms with van der Waals surface area (Å²) < 4.78 is 5.46. The lowest BCUT2D eigenvalue weighted by molar-refractivity contribution is -0.143. The predicted octanol–water partition coefficient (Wildman–Crippen LogP) is 15.6. The highest BCUT2D eigenvalue weighted by Crippen LogP contribution is 2.17.